The topological polar surface area (TPSA) is 85.2 Å². The maximum Gasteiger partial charge on any atom is 0.276 e. The summed E-state index contributed by atoms with van der Waals surface area (Å²) in [5, 5.41) is 9.62. The first-order valence-corrected chi connectivity index (χ1v) is 7.44. The van der Waals surface area contributed by atoms with Crippen LogP contribution < -0.4 is 15.4 Å². The van der Waals surface area contributed by atoms with Gasteiger partial charge in [0.2, 0.25) is 5.91 Å². The number of carbonyl (C=O) groups is 2. The van der Waals surface area contributed by atoms with Crippen LogP contribution in [0.4, 0.5) is 0 Å². The van der Waals surface area contributed by atoms with Gasteiger partial charge in [0.15, 0.2) is 11.4 Å². The zero-order valence-electron chi connectivity index (χ0n) is 12.8. The van der Waals surface area contributed by atoms with Crippen molar-refractivity contribution in [2.24, 2.45) is 0 Å². The summed E-state index contributed by atoms with van der Waals surface area (Å²) in [6.07, 6.45) is 3.65. The van der Waals surface area contributed by atoms with Gasteiger partial charge >= 0.3 is 0 Å². The lowest BCUT2D eigenvalue weighted by Crippen LogP contribution is -2.38. The van der Waals surface area contributed by atoms with Crippen LogP contribution in [0, 0.1) is 0 Å². The van der Waals surface area contributed by atoms with E-state index in [1.807, 2.05) is 30.3 Å². The largest absolute Gasteiger partial charge is 0.493 e. The van der Waals surface area contributed by atoms with Crippen LogP contribution in [0.3, 0.4) is 0 Å². The van der Waals surface area contributed by atoms with Crippen LogP contribution >= 0.6 is 0 Å². The number of aromatic nitrogens is 2. The van der Waals surface area contributed by atoms with Gasteiger partial charge in [-0.2, -0.15) is 5.10 Å². The summed E-state index contributed by atoms with van der Waals surface area (Å²) in [5.74, 6) is -0.279. The Morgan fingerprint density at radius 2 is 2.04 bits per heavy atom. The Balaban J connectivity index is 1.69. The first-order chi connectivity index (χ1) is 11.2. The lowest BCUT2D eigenvalue weighted by molar-refractivity contribution is -0.120. The first-order valence-electron chi connectivity index (χ1n) is 7.44. The number of ether oxygens (including phenoxy) is 1. The number of para-hydroxylation sites is 1. The van der Waals surface area contributed by atoms with Crippen LogP contribution in [0.25, 0.3) is 5.69 Å². The standard InChI is InChI=1S/C16H18N4O3/c1-23-13-10-20(12-5-3-2-4-6-12)19-15(13)16(22)17-9-14(21)18-11-7-8-11/h2-6,10-11H,7-9H2,1H3,(H,17,22)(H,18,21). The second-order valence-corrected chi connectivity index (χ2v) is 5.35. The Morgan fingerprint density at radius 3 is 2.70 bits per heavy atom. The Kier molecular flexibility index (Phi) is 4.27. The summed E-state index contributed by atoms with van der Waals surface area (Å²) < 4.78 is 6.77. The van der Waals surface area contributed by atoms with E-state index < -0.39 is 5.91 Å². The molecule has 0 spiro atoms. The third-order valence-electron chi connectivity index (χ3n) is 3.49. The number of methoxy groups -OCH3 is 1. The van der Waals surface area contributed by atoms with Gasteiger partial charge in [-0.25, -0.2) is 4.68 Å². The number of rotatable bonds is 6. The molecule has 7 heteroatoms. The van der Waals surface area contributed by atoms with E-state index in [-0.39, 0.29) is 24.2 Å². The van der Waals surface area contributed by atoms with Gasteiger partial charge in [0.25, 0.3) is 5.91 Å². The second-order valence-electron chi connectivity index (χ2n) is 5.35. The van der Waals surface area contributed by atoms with Crippen LogP contribution in [0.2, 0.25) is 0 Å². The lowest BCUT2D eigenvalue weighted by Gasteiger charge is -2.05. The van der Waals surface area contributed by atoms with Gasteiger partial charge in [0.1, 0.15) is 0 Å². The molecular weight excluding hydrogens is 296 g/mol. The minimum absolute atomic E-state index is 0.0727. The molecule has 2 N–H and O–H groups in total. The fourth-order valence-electron chi connectivity index (χ4n) is 2.13. The fraction of sp³-hybridized carbons (Fsp3) is 0.312. The highest BCUT2D eigenvalue weighted by Crippen LogP contribution is 2.19. The third-order valence-corrected chi connectivity index (χ3v) is 3.49. The van der Waals surface area contributed by atoms with Crippen molar-refractivity contribution >= 4 is 11.8 Å². The summed E-state index contributed by atoms with van der Waals surface area (Å²) >= 11 is 0. The second kappa shape index (κ2) is 6.51. The molecule has 1 fully saturated rings. The van der Waals surface area contributed by atoms with E-state index in [2.05, 4.69) is 15.7 Å². The fourth-order valence-corrected chi connectivity index (χ4v) is 2.13. The van der Waals surface area contributed by atoms with Gasteiger partial charge < -0.3 is 15.4 Å². The Bertz CT molecular complexity index is 707. The van der Waals surface area contributed by atoms with E-state index >= 15 is 0 Å². The van der Waals surface area contributed by atoms with Crippen LogP contribution in [0.15, 0.2) is 36.5 Å². The molecule has 1 heterocycles. The zero-order valence-corrected chi connectivity index (χ0v) is 12.8. The predicted molar refractivity (Wildman–Crippen MR) is 83.6 cm³/mol. The monoisotopic (exact) mass is 314 g/mol. The van der Waals surface area contributed by atoms with Gasteiger partial charge in [0, 0.05) is 6.04 Å². The average Bonchev–Trinajstić information content (AvgIpc) is 3.27. The predicted octanol–water partition coefficient (Wildman–Crippen LogP) is 0.889. The molecule has 120 valence electrons. The molecule has 0 unspecified atom stereocenters. The van der Waals surface area contributed by atoms with Crippen LogP contribution in [0.5, 0.6) is 5.75 Å². The van der Waals surface area contributed by atoms with Crippen molar-refractivity contribution in [3.63, 3.8) is 0 Å². The van der Waals surface area contributed by atoms with Crippen LogP contribution in [0.1, 0.15) is 23.3 Å². The molecule has 0 radical (unpaired) electrons. The number of carbonyl (C=O) groups excluding carboxylic acids is 2. The number of benzene rings is 1. The summed E-state index contributed by atoms with van der Waals surface area (Å²) in [6, 6.07) is 9.67. The number of hydrogen-bond donors (Lipinski definition) is 2. The van der Waals surface area contributed by atoms with Gasteiger partial charge in [-0.3, -0.25) is 9.59 Å². The van der Waals surface area contributed by atoms with Crippen molar-refractivity contribution in [3.05, 3.63) is 42.2 Å². The van der Waals surface area contributed by atoms with Crippen molar-refractivity contribution in [2.75, 3.05) is 13.7 Å². The normalized spacial score (nSPS) is 13.4. The van der Waals surface area contributed by atoms with E-state index in [1.165, 1.54) is 7.11 Å². The maximum atomic E-state index is 12.2. The molecule has 1 aliphatic carbocycles. The minimum atomic E-state index is -0.442. The summed E-state index contributed by atoms with van der Waals surface area (Å²) in [6.45, 7) is -0.0727. The van der Waals surface area contributed by atoms with Crippen molar-refractivity contribution in [3.8, 4) is 11.4 Å². The number of nitrogens with one attached hydrogen (secondary N) is 2. The highest BCUT2D eigenvalue weighted by Gasteiger charge is 2.24. The molecule has 1 aliphatic rings. The summed E-state index contributed by atoms with van der Waals surface area (Å²) in [4.78, 5) is 23.9. The molecule has 23 heavy (non-hydrogen) atoms. The number of hydrogen-bond acceptors (Lipinski definition) is 4. The number of nitrogens with zero attached hydrogens (tertiary/aromatic N) is 2. The molecule has 2 aromatic rings. The molecule has 1 aromatic heterocycles. The van der Waals surface area contributed by atoms with E-state index in [1.54, 1.807) is 10.9 Å². The van der Waals surface area contributed by atoms with E-state index in [9.17, 15) is 9.59 Å². The molecule has 0 bridgehead atoms. The van der Waals surface area contributed by atoms with Gasteiger partial charge in [0.05, 0.1) is 25.5 Å². The Hall–Kier alpha value is -2.83. The molecule has 0 atom stereocenters. The molecule has 0 aliphatic heterocycles. The van der Waals surface area contributed by atoms with Crippen LogP contribution in [-0.2, 0) is 4.79 Å². The molecule has 3 rings (SSSR count). The smallest absolute Gasteiger partial charge is 0.276 e. The maximum absolute atomic E-state index is 12.2. The Labute approximate surface area is 133 Å². The van der Waals surface area contributed by atoms with Crippen molar-refractivity contribution in [2.45, 2.75) is 18.9 Å². The lowest BCUT2D eigenvalue weighted by atomic mass is 10.3. The highest BCUT2D eigenvalue weighted by atomic mass is 16.5. The van der Waals surface area contributed by atoms with E-state index in [0.717, 1.165) is 18.5 Å². The van der Waals surface area contributed by atoms with Crippen molar-refractivity contribution < 1.29 is 14.3 Å². The van der Waals surface area contributed by atoms with E-state index in [4.69, 9.17) is 4.74 Å². The van der Waals surface area contributed by atoms with Crippen molar-refractivity contribution in [1.29, 1.82) is 0 Å². The quantitative estimate of drug-likeness (QED) is 0.829. The Morgan fingerprint density at radius 1 is 1.30 bits per heavy atom. The first kappa shape index (κ1) is 15.1. The molecule has 2 amide bonds. The van der Waals surface area contributed by atoms with Gasteiger partial charge in [-0.1, -0.05) is 18.2 Å². The van der Waals surface area contributed by atoms with Crippen molar-refractivity contribution in [1.82, 2.24) is 20.4 Å². The average molecular weight is 314 g/mol. The zero-order chi connectivity index (χ0) is 16.2. The summed E-state index contributed by atoms with van der Waals surface area (Å²) in [5.41, 5.74) is 0.965. The van der Waals surface area contributed by atoms with Gasteiger partial charge in [-0.15, -0.1) is 0 Å². The third kappa shape index (κ3) is 3.68. The molecule has 1 saturated carbocycles. The SMILES string of the molecule is COc1cn(-c2ccccc2)nc1C(=O)NCC(=O)NC1CC1. The van der Waals surface area contributed by atoms with Gasteiger partial charge in [-0.05, 0) is 25.0 Å². The minimum Gasteiger partial charge on any atom is -0.493 e. The number of amides is 2. The molecule has 1 aromatic carbocycles. The highest BCUT2D eigenvalue weighted by molar-refractivity contribution is 5.97. The molecule has 7 nitrogen and oxygen atoms in total. The summed E-state index contributed by atoms with van der Waals surface area (Å²) in [7, 11) is 1.48. The van der Waals surface area contributed by atoms with E-state index in [0.29, 0.717) is 5.75 Å². The molecular formula is C16H18N4O3. The van der Waals surface area contributed by atoms with Crippen LogP contribution in [-0.4, -0.2) is 41.3 Å². The molecule has 0 saturated heterocycles.